The van der Waals surface area contributed by atoms with Crippen molar-refractivity contribution in [1.29, 1.82) is 0 Å². The Labute approximate surface area is 240 Å². The van der Waals surface area contributed by atoms with Gasteiger partial charge in [0.25, 0.3) is 0 Å². The Morgan fingerprint density at radius 3 is 2.10 bits per heavy atom. The number of rotatable bonds is 6. The molecule has 0 spiro atoms. The molecule has 1 fully saturated rings. The van der Waals surface area contributed by atoms with E-state index in [1.165, 1.54) is 18.6 Å². The number of pyridine rings is 1. The van der Waals surface area contributed by atoms with Gasteiger partial charge in [-0.1, -0.05) is 79.9 Å². The number of nitrogens with zero attached hydrogens (tertiary/aromatic N) is 1. The third kappa shape index (κ3) is 6.66. The molecule has 2 nitrogen and oxygen atoms in total. The second kappa shape index (κ2) is 11.5. The number of aromatic nitrogens is 1. The van der Waals surface area contributed by atoms with Gasteiger partial charge < -0.3 is 4.43 Å². The molecule has 1 saturated carbocycles. The lowest BCUT2D eigenvalue weighted by Gasteiger charge is -2.43. The van der Waals surface area contributed by atoms with Crippen LogP contribution in [0.2, 0.25) is 11.6 Å². The standard InChI is InChI=1S/C33H46F4NOSi/c1-20(2)30-28(29(34)22-14-16-23(17-15-22)33(35,36)37)26(21-12-10-9-11-13-21)27-24(38-30)18-32(6,7)19-25(27)39-40(8)31(3,4)5/h14-17,20-21,25,29H,9-13,18-19H2,1-8H3/t25-,29-/m0/s1. The topological polar surface area (TPSA) is 22.1 Å². The fourth-order valence-electron chi connectivity index (χ4n) is 6.36. The van der Waals surface area contributed by atoms with Crippen LogP contribution in [-0.2, 0) is 17.0 Å². The molecule has 40 heavy (non-hydrogen) atoms. The normalized spacial score (nSPS) is 21.1. The van der Waals surface area contributed by atoms with E-state index in [9.17, 15) is 13.2 Å². The smallest absolute Gasteiger partial charge is 0.409 e. The van der Waals surface area contributed by atoms with Gasteiger partial charge in [0.05, 0.1) is 11.7 Å². The highest BCUT2D eigenvalue weighted by Gasteiger charge is 2.42. The van der Waals surface area contributed by atoms with E-state index in [0.717, 1.165) is 73.2 Å². The average molecular weight is 577 g/mol. The zero-order valence-electron chi connectivity index (χ0n) is 25.4. The first kappa shape index (κ1) is 31.2. The summed E-state index contributed by atoms with van der Waals surface area (Å²) >= 11 is 0. The molecule has 0 N–H and O–H groups in total. The Kier molecular flexibility index (Phi) is 8.98. The van der Waals surface area contributed by atoms with Crippen LogP contribution in [0.5, 0.6) is 0 Å². The van der Waals surface area contributed by atoms with Gasteiger partial charge in [0, 0.05) is 22.5 Å². The maximum Gasteiger partial charge on any atom is 0.416 e. The molecule has 0 unspecified atom stereocenters. The Morgan fingerprint density at radius 1 is 0.975 bits per heavy atom. The largest absolute Gasteiger partial charge is 0.416 e. The lowest BCUT2D eigenvalue weighted by molar-refractivity contribution is -0.137. The van der Waals surface area contributed by atoms with Gasteiger partial charge in [-0.2, -0.15) is 13.2 Å². The fraction of sp³-hybridized carbons (Fsp3) is 0.667. The van der Waals surface area contributed by atoms with Crippen molar-refractivity contribution in [2.75, 3.05) is 0 Å². The summed E-state index contributed by atoms with van der Waals surface area (Å²) in [4.78, 5) is 5.20. The molecule has 0 amide bonds. The summed E-state index contributed by atoms with van der Waals surface area (Å²) in [5.74, 6) is 0.167. The van der Waals surface area contributed by atoms with E-state index < -0.39 is 27.0 Å². The Morgan fingerprint density at radius 2 is 1.57 bits per heavy atom. The number of hydrogen-bond donors (Lipinski definition) is 0. The molecule has 0 bridgehead atoms. The lowest BCUT2D eigenvalue weighted by Crippen LogP contribution is -2.36. The molecule has 0 saturated heterocycles. The van der Waals surface area contributed by atoms with Crippen molar-refractivity contribution in [2.45, 2.75) is 135 Å². The first-order chi connectivity index (χ1) is 18.5. The highest BCUT2D eigenvalue weighted by Crippen LogP contribution is 2.52. The van der Waals surface area contributed by atoms with Crippen LogP contribution in [0, 0.1) is 5.41 Å². The summed E-state index contributed by atoms with van der Waals surface area (Å²) in [6.45, 7) is 17.5. The van der Waals surface area contributed by atoms with Crippen LogP contribution in [-0.4, -0.2) is 14.0 Å². The minimum absolute atomic E-state index is 0.00710. The summed E-state index contributed by atoms with van der Waals surface area (Å²) < 4.78 is 63.7. The molecule has 1 radical (unpaired) electrons. The van der Waals surface area contributed by atoms with E-state index in [-0.39, 0.29) is 34.0 Å². The SMILES string of the molecule is CC(C)c1nc2c(c(C3CCCCC3)c1[C@@H](F)c1ccc(C(F)(F)F)cc1)[C@@H](O[Si](C)C(C)(C)C)CC(C)(C)C2. The first-order valence-corrected chi connectivity index (χ1v) is 16.8. The molecule has 1 aromatic carbocycles. The molecule has 2 aliphatic carbocycles. The Balaban J connectivity index is 1.96. The van der Waals surface area contributed by atoms with Crippen molar-refractivity contribution < 1.29 is 22.0 Å². The molecule has 221 valence electrons. The minimum atomic E-state index is -4.46. The van der Waals surface area contributed by atoms with Gasteiger partial charge in [0.2, 0.25) is 9.04 Å². The Hall–Kier alpha value is -1.73. The molecule has 2 atom stereocenters. The Bertz CT molecular complexity index is 1180. The number of hydrogen-bond acceptors (Lipinski definition) is 2. The van der Waals surface area contributed by atoms with Crippen molar-refractivity contribution in [3.8, 4) is 0 Å². The van der Waals surface area contributed by atoms with Gasteiger partial charge >= 0.3 is 6.18 Å². The van der Waals surface area contributed by atoms with Crippen molar-refractivity contribution in [2.24, 2.45) is 5.41 Å². The molecule has 7 heteroatoms. The predicted molar refractivity (Wildman–Crippen MR) is 156 cm³/mol. The lowest BCUT2D eigenvalue weighted by atomic mass is 9.69. The zero-order valence-corrected chi connectivity index (χ0v) is 26.4. The monoisotopic (exact) mass is 576 g/mol. The van der Waals surface area contributed by atoms with E-state index in [1.54, 1.807) is 0 Å². The summed E-state index contributed by atoms with van der Waals surface area (Å²) in [7, 11) is -1.20. The second-order valence-corrected chi connectivity index (χ2v) is 17.0. The van der Waals surface area contributed by atoms with E-state index in [4.69, 9.17) is 9.41 Å². The van der Waals surface area contributed by atoms with Gasteiger partial charge in [0.15, 0.2) is 6.17 Å². The van der Waals surface area contributed by atoms with Crippen LogP contribution in [0.25, 0.3) is 0 Å². The van der Waals surface area contributed by atoms with Gasteiger partial charge in [-0.3, -0.25) is 4.98 Å². The summed E-state index contributed by atoms with van der Waals surface area (Å²) in [6, 6.07) is 4.58. The summed E-state index contributed by atoms with van der Waals surface area (Å²) in [5.41, 5.74) is 3.94. The molecular weight excluding hydrogens is 530 g/mol. The van der Waals surface area contributed by atoms with Crippen LogP contribution in [0.4, 0.5) is 17.6 Å². The van der Waals surface area contributed by atoms with Crippen LogP contribution in [0.1, 0.15) is 150 Å². The molecule has 1 aromatic heterocycles. The summed E-state index contributed by atoms with van der Waals surface area (Å²) in [5, 5.41) is 0.0361. The van der Waals surface area contributed by atoms with E-state index in [0.29, 0.717) is 5.56 Å². The number of benzene rings is 1. The zero-order chi connectivity index (χ0) is 29.6. The third-order valence-electron chi connectivity index (χ3n) is 8.85. The molecule has 0 aliphatic heterocycles. The number of fused-ring (bicyclic) bond motifs is 1. The van der Waals surface area contributed by atoms with Crippen molar-refractivity contribution in [1.82, 2.24) is 4.98 Å². The molecular formula is C33H46F4NOSi. The maximum absolute atomic E-state index is 16.9. The maximum atomic E-state index is 16.9. The van der Waals surface area contributed by atoms with Crippen LogP contribution in [0.3, 0.4) is 0 Å². The van der Waals surface area contributed by atoms with Crippen LogP contribution < -0.4 is 0 Å². The van der Waals surface area contributed by atoms with Crippen LogP contribution >= 0.6 is 0 Å². The van der Waals surface area contributed by atoms with Crippen molar-refractivity contribution in [3.05, 3.63) is 63.5 Å². The van der Waals surface area contributed by atoms with Gasteiger partial charge in [-0.05, 0) is 77.8 Å². The molecule has 4 rings (SSSR count). The first-order valence-electron chi connectivity index (χ1n) is 14.9. The van der Waals surface area contributed by atoms with E-state index in [2.05, 4.69) is 41.2 Å². The van der Waals surface area contributed by atoms with Crippen LogP contribution in [0.15, 0.2) is 24.3 Å². The molecule has 1 heterocycles. The summed E-state index contributed by atoms with van der Waals surface area (Å²) in [6.07, 6.45) is 0.803. The quantitative estimate of drug-likeness (QED) is 0.252. The number of alkyl halides is 4. The van der Waals surface area contributed by atoms with E-state index in [1.807, 2.05) is 13.8 Å². The number of halogens is 4. The molecule has 2 aromatic rings. The van der Waals surface area contributed by atoms with Gasteiger partial charge in [0.1, 0.15) is 0 Å². The fourth-order valence-corrected chi connectivity index (χ4v) is 7.35. The van der Waals surface area contributed by atoms with Crippen molar-refractivity contribution >= 4 is 9.04 Å². The van der Waals surface area contributed by atoms with Crippen molar-refractivity contribution in [3.63, 3.8) is 0 Å². The highest BCUT2D eigenvalue weighted by atomic mass is 28.3. The molecule has 2 aliphatic rings. The highest BCUT2D eigenvalue weighted by molar-refractivity contribution is 6.53. The minimum Gasteiger partial charge on any atom is -0.409 e. The third-order valence-corrected chi connectivity index (χ3v) is 11.6. The van der Waals surface area contributed by atoms with E-state index >= 15 is 4.39 Å². The average Bonchev–Trinajstić information content (AvgIpc) is 2.86. The second-order valence-electron chi connectivity index (χ2n) is 14.1. The van der Waals surface area contributed by atoms with Gasteiger partial charge in [-0.15, -0.1) is 0 Å². The van der Waals surface area contributed by atoms with Gasteiger partial charge in [-0.25, -0.2) is 4.39 Å². The predicted octanol–water partition coefficient (Wildman–Crippen LogP) is 10.8.